The van der Waals surface area contributed by atoms with Crippen LogP contribution in [0.25, 0.3) is 0 Å². The van der Waals surface area contributed by atoms with Crippen LogP contribution in [0.5, 0.6) is 0 Å². The first kappa shape index (κ1) is 23.9. The van der Waals surface area contributed by atoms with Crippen molar-refractivity contribution in [2.45, 2.75) is 41.5 Å². The van der Waals surface area contributed by atoms with Crippen molar-refractivity contribution in [3.05, 3.63) is 48.5 Å². The van der Waals surface area contributed by atoms with Gasteiger partial charge >= 0.3 is 0 Å². The Hall–Kier alpha value is -3.35. The Morgan fingerprint density at radius 1 is 0.645 bits per heavy atom. The number of carbonyl (C=O) groups excluding carboxylic acids is 3. The highest BCUT2D eigenvalue weighted by Gasteiger charge is 2.22. The Kier molecular flexibility index (Phi) is 7.44. The predicted octanol–water partition coefficient (Wildman–Crippen LogP) is 4.71. The number of hydrogen-bond donors (Lipinski definition) is 4. The normalized spacial score (nSPS) is 11.4. The van der Waals surface area contributed by atoms with Gasteiger partial charge in [-0.25, -0.2) is 0 Å². The van der Waals surface area contributed by atoms with E-state index in [9.17, 15) is 14.4 Å². The molecule has 0 aliphatic rings. The molecule has 0 heterocycles. The van der Waals surface area contributed by atoms with Gasteiger partial charge in [-0.1, -0.05) is 53.7 Å². The Morgan fingerprint density at radius 3 is 1.48 bits per heavy atom. The van der Waals surface area contributed by atoms with Gasteiger partial charge in [0.1, 0.15) is 0 Å². The maximum atomic E-state index is 12.3. The molecular formula is C24H32N4O3. The fourth-order valence-electron chi connectivity index (χ4n) is 2.41. The highest BCUT2D eigenvalue weighted by molar-refractivity contribution is 5.97. The van der Waals surface area contributed by atoms with Crippen LogP contribution in [0.15, 0.2) is 48.5 Å². The van der Waals surface area contributed by atoms with Crippen LogP contribution >= 0.6 is 0 Å². The van der Waals surface area contributed by atoms with Crippen molar-refractivity contribution in [3.63, 3.8) is 0 Å². The molecule has 0 unspecified atom stereocenters. The molecule has 0 atom stereocenters. The highest BCUT2D eigenvalue weighted by atomic mass is 16.2. The van der Waals surface area contributed by atoms with Crippen molar-refractivity contribution in [1.82, 2.24) is 0 Å². The number of anilines is 4. The quantitative estimate of drug-likeness (QED) is 0.540. The number of carbonyl (C=O) groups is 3. The summed E-state index contributed by atoms with van der Waals surface area (Å²) in [5.74, 6) is -0.416. The molecule has 7 heteroatoms. The zero-order chi connectivity index (χ0) is 23.2. The zero-order valence-electron chi connectivity index (χ0n) is 19.1. The SMILES string of the molecule is CC(C)(C)C(=O)Nc1cccc(NCC(=O)Nc2cccc(NC(=O)C(C)(C)C)c2)c1. The minimum atomic E-state index is -0.510. The predicted molar refractivity (Wildman–Crippen MR) is 126 cm³/mol. The molecule has 31 heavy (non-hydrogen) atoms. The molecule has 0 saturated heterocycles. The first-order valence-electron chi connectivity index (χ1n) is 10.2. The minimum absolute atomic E-state index is 0.0508. The van der Waals surface area contributed by atoms with Crippen LogP contribution in [-0.4, -0.2) is 24.3 Å². The summed E-state index contributed by atoms with van der Waals surface area (Å²) < 4.78 is 0. The third kappa shape index (κ3) is 7.77. The average molecular weight is 425 g/mol. The largest absolute Gasteiger partial charge is 0.376 e. The molecule has 0 aliphatic heterocycles. The summed E-state index contributed by atoms with van der Waals surface area (Å²) in [6.07, 6.45) is 0. The van der Waals surface area contributed by atoms with Crippen molar-refractivity contribution < 1.29 is 14.4 Å². The first-order chi connectivity index (χ1) is 14.3. The molecule has 4 N–H and O–H groups in total. The standard InChI is InChI=1S/C24H32N4O3/c1-23(2,3)21(30)27-18-11-7-9-16(13-18)25-15-20(29)26-17-10-8-12-19(14-17)28-22(31)24(4,5)6/h7-14,25H,15H2,1-6H3,(H,26,29)(H,27,30)(H,28,31). The van der Waals surface area contributed by atoms with E-state index in [1.54, 1.807) is 42.5 Å². The summed E-state index contributed by atoms with van der Waals surface area (Å²) >= 11 is 0. The molecule has 0 spiro atoms. The van der Waals surface area contributed by atoms with E-state index in [1.165, 1.54) is 0 Å². The number of benzene rings is 2. The van der Waals surface area contributed by atoms with Gasteiger partial charge < -0.3 is 21.3 Å². The third-order valence-electron chi connectivity index (χ3n) is 4.34. The summed E-state index contributed by atoms with van der Waals surface area (Å²) in [7, 11) is 0. The fraction of sp³-hybridized carbons (Fsp3) is 0.375. The van der Waals surface area contributed by atoms with Gasteiger partial charge in [0, 0.05) is 33.6 Å². The minimum Gasteiger partial charge on any atom is -0.376 e. The molecule has 3 amide bonds. The van der Waals surface area contributed by atoms with E-state index in [-0.39, 0.29) is 24.3 Å². The van der Waals surface area contributed by atoms with E-state index in [1.807, 2.05) is 47.6 Å². The van der Waals surface area contributed by atoms with Gasteiger partial charge in [0.15, 0.2) is 0 Å². The second-order valence-corrected chi connectivity index (χ2v) is 9.47. The third-order valence-corrected chi connectivity index (χ3v) is 4.34. The van der Waals surface area contributed by atoms with Crippen molar-refractivity contribution in [2.24, 2.45) is 10.8 Å². The molecule has 166 valence electrons. The molecular weight excluding hydrogens is 392 g/mol. The van der Waals surface area contributed by atoms with Crippen LogP contribution in [0.4, 0.5) is 22.7 Å². The number of hydrogen-bond acceptors (Lipinski definition) is 4. The molecule has 0 aromatic heterocycles. The average Bonchev–Trinajstić information content (AvgIpc) is 2.65. The molecule has 2 rings (SSSR count). The van der Waals surface area contributed by atoms with Crippen LogP contribution in [-0.2, 0) is 14.4 Å². The van der Waals surface area contributed by atoms with Crippen LogP contribution < -0.4 is 21.3 Å². The molecule has 0 aliphatic carbocycles. The number of rotatable bonds is 6. The summed E-state index contributed by atoms with van der Waals surface area (Å²) in [6, 6.07) is 14.2. The van der Waals surface area contributed by atoms with Gasteiger partial charge in [0.05, 0.1) is 6.54 Å². The van der Waals surface area contributed by atoms with Crippen molar-refractivity contribution in [3.8, 4) is 0 Å². The zero-order valence-corrected chi connectivity index (χ0v) is 19.1. The monoisotopic (exact) mass is 424 g/mol. The highest BCUT2D eigenvalue weighted by Crippen LogP contribution is 2.21. The van der Waals surface area contributed by atoms with Gasteiger partial charge in [-0.15, -0.1) is 0 Å². The Morgan fingerprint density at radius 2 is 1.03 bits per heavy atom. The molecule has 0 saturated carbocycles. The first-order valence-corrected chi connectivity index (χ1v) is 10.2. The lowest BCUT2D eigenvalue weighted by Crippen LogP contribution is -2.27. The van der Waals surface area contributed by atoms with E-state index >= 15 is 0 Å². The Bertz CT molecular complexity index is 956. The fourth-order valence-corrected chi connectivity index (χ4v) is 2.41. The van der Waals surface area contributed by atoms with Gasteiger partial charge in [-0.2, -0.15) is 0 Å². The van der Waals surface area contributed by atoms with Crippen molar-refractivity contribution in [1.29, 1.82) is 0 Å². The maximum Gasteiger partial charge on any atom is 0.243 e. The van der Waals surface area contributed by atoms with E-state index in [0.717, 1.165) is 0 Å². The summed E-state index contributed by atoms with van der Waals surface area (Å²) in [5.41, 5.74) is 1.58. The van der Waals surface area contributed by atoms with Crippen molar-refractivity contribution in [2.75, 3.05) is 27.8 Å². The van der Waals surface area contributed by atoms with Gasteiger partial charge in [-0.3, -0.25) is 14.4 Å². The second kappa shape index (κ2) is 9.64. The molecule has 0 radical (unpaired) electrons. The molecule has 7 nitrogen and oxygen atoms in total. The van der Waals surface area contributed by atoms with Gasteiger partial charge in [0.25, 0.3) is 0 Å². The van der Waals surface area contributed by atoms with Gasteiger partial charge in [0.2, 0.25) is 17.7 Å². The molecule has 0 bridgehead atoms. The summed E-state index contributed by atoms with van der Waals surface area (Å²) in [4.78, 5) is 36.6. The number of amides is 3. The Labute approximate surface area is 184 Å². The van der Waals surface area contributed by atoms with Crippen molar-refractivity contribution >= 4 is 40.5 Å². The smallest absolute Gasteiger partial charge is 0.243 e. The lowest BCUT2D eigenvalue weighted by molar-refractivity contribution is -0.123. The van der Waals surface area contributed by atoms with Crippen LogP contribution in [0, 0.1) is 10.8 Å². The topological polar surface area (TPSA) is 99.3 Å². The molecule has 2 aromatic rings. The lowest BCUT2D eigenvalue weighted by atomic mass is 9.95. The molecule has 0 fully saturated rings. The van der Waals surface area contributed by atoms with Crippen LogP contribution in [0.3, 0.4) is 0 Å². The second-order valence-electron chi connectivity index (χ2n) is 9.47. The van der Waals surface area contributed by atoms with E-state index in [4.69, 9.17) is 0 Å². The summed E-state index contributed by atoms with van der Waals surface area (Å²) in [5, 5.41) is 11.6. The van der Waals surface area contributed by atoms with E-state index in [0.29, 0.717) is 22.7 Å². The molecule has 2 aromatic carbocycles. The van der Waals surface area contributed by atoms with E-state index in [2.05, 4.69) is 21.3 Å². The Balaban J connectivity index is 1.93. The van der Waals surface area contributed by atoms with Gasteiger partial charge in [-0.05, 0) is 36.4 Å². The van der Waals surface area contributed by atoms with E-state index < -0.39 is 10.8 Å². The maximum absolute atomic E-state index is 12.3. The lowest BCUT2D eigenvalue weighted by Gasteiger charge is -2.18. The van der Waals surface area contributed by atoms with Crippen LogP contribution in [0.1, 0.15) is 41.5 Å². The number of nitrogens with one attached hydrogen (secondary N) is 4. The summed E-state index contributed by atoms with van der Waals surface area (Å²) in [6.45, 7) is 11.1. The van der Waals surface area contributed by atoms with Crippen LogP contribution in [0.2, 0.25) is 0 Å².